The van der Waals surface area contributed by atoms with Crippen LogP contribution in [0.5, 0.6) is 0 Å². The van der Waals surface area contributed by atoms with Gasteiger partial charge in [-0.3, -0.25) is 4.68 Å². The number of hydrogen-bond acceptors (Lipinski definition) is 3. The van der Waals surface area contributed by atoms with Gasteiger partial charge in [0.1, 0.15) is 0 Å². The second-order valence-corrected chi connectivity index (χ2v) is 7.00. The first-order valence-electron chi connectivity index (χ1n) is 8.95. The molecule has 2 fully saturated rings. The van der Waals surface area contributed by atoms with Crippen LogP contribution in [0.2, 0.25) is 0 Å². The van der Waals surface area contributed by atoms with Crippen LogP contribution < -0.4 is 10.6 Å². The van der Waals surface area contributed by atoms with Crippen LogP contribution in [-0.2, 0) is 13.0 Å². The summed E-state index contributed by atoms with van der Waals surface area (Å²) >= 11 is 0. The molecule has 4 nitrogen and oxygen atoms in total. The Balaban J connectivity index is 1.68. The molecule has 1 aromatic rings. The van der Waals surface area contributed by atoms with Gasteiger partial charge in [-0.25, -0.2) is 0 Å². The van der Waals surface area contributed by atoms with E-state index in [0.717, 1.165) is 32.1 Å². The fourth-order valence-electron chi connectivity index (χ4n) is 4.46. The zero-order valence-electron chi connectivity index (χ0n) is 13.0. The lowest BCUT2D eigenvalue weighted by Gasteiger charge is -2.26. The summed E-state index contributed by atoms with van der Waals surface area (Å²) in [4.78, 5) is 0. The van der Waals surface area contributed by atoms with Crippen LogP contribution in [0.4, 0.5) is 0 Å². The van der Waals surface area contributed by atoms with Gasteiger partial charge in [0, 0.05) is 36.7 Å². The predicted octanol–water partition coefficient (Wildman–Crippen LogP) is 2.50. The van der Waals surface area contributed by atoms with Crippen LogP contribution in [0, 0.1) is 0 Å². The molecule has 0 unspecified atom stereocenters. The number of nitrogens with zero attached hydrogens (tertiary/aromatic N) is 2. The highest BCUT2D eigenvalue weighted by molar-refractivity contribution is 5.32. The monoisotopic (exact) mass is 288 g/mol. The van der Waals surface area contributed by atoms with Gasteiger partial charge in [0.2, 0.25) is 0 Å². The number of aromatic nitrogens is 2. The van der Waals surface area contributed by atoms with Crippen molar-refractivity contribution in [2.75, 3.05) is 19.6 Å². The highest BCUT2D eigenvalue weighted by atomic mass is 15.3. The molecule has 1 saturated heterocycles. The molecule has 0 atom stereocenters. The van der Waals surface area contributed by atoms with Gasteiger partial charge in [0.15, 0.2) is 0 Å². The molecule has 0 amide bonds. The Hall–Kier alpha value is -0.870. The fraction of sp³-hybridized carbons (Fsp3) is 0.824. The molecule has 3 heterocycles. The number of rotatable bonds is 2. The lowest BCUT2D eigenvalue weighted by atomic mass is 9.84. The first kappa shape index (κ1) is 13.8. The van der Waals surface area contributed by atoms with Gasteiger partial charge in [-0.05, 0) is 38.8 Å². The van der Waals surface area contributed by atoms with Crippen LogP contribution in [0.3, 0.4) is 0 Å². The summed E-state index contributed by atoms with van der Waals surface area (Å²) in [6.45, 7) is 4.46. The molecule has 0 radical (unpaired) electrons. The van der Waals surface area contributed by atoms with Crippen molar-refractivity contribution in [2.24, 2.45) is 0 Å². The average Bonchev–Trinajstić information content (AvgIpc) is 2.96. The van der Waals surface area contributed by atoms with Crippen LogP contribution in [-0.4, -0.2) is 29.4 Å². The van der Waals surface area contributed by atoms with E-state index in [0.29, 0.717) is 6.04 Å². The summed E-state index contributed by atoms with van der Waals surface area (Å²) in [7, 11) is 0. The van der Waals surface area contributed by atoms with Gasteiger partial charge < -0.3 is 10.6 Å². The van der Waals surface area contributed by atoms with Gasteiger partial charge in [-0.15, -0.1) is 0 Å². The number of nitrogens with one attached hydrogen (secondary N) is 2. The molecule has 1 aromatic heterocycles. The van der Waals surface area contributed by atoms with Gasteiger partial charge in [0.25, 0.3) is 0 Å². The van der Waals surface area contributed by atoms with Crippen molar-refractivity contribution in [3.63, 3.8) is 0 Å². The van der Waals surface area contributed by atoms with Crippen molar-refractivity contribution < 1.29 is 0 Å². The molecule has 0 aromatic carbocycles. The molecule has 2 aliphatic heterocycles. The van der Waals surface area contributed by atoms with E-state index in [2.05, 4.69) is 15.3 Å². The van der Waals surface area contributed by atoms with E-state index in [-0.39, 0.29) is 0 Å². The smallest absolute Gasteiger partial charge is 0.0703 e. The van der Waals surface area contributed by atoms with Crippen LogP contribution in [0.25, 0.3) is 0 Å². The Kier molecular flexibility index (Phi) is 3.99. The molecule has 1 saturated carbocycles. The Morgan fingerprint density at radius 1 is 0.905 bits per heavy atom. The summed E-state index contributed by atoms with van der Waals surface area (Å²) in [5.74, 6) is 0.732. The SMILES string of the molecule is C1CCC(c2nn(C3CCNCC3)c3c2CNCC3)CC1. The van der Waals surface area contributed by atoms with Crippen molar-refractivity contribution in [3.8, 4) is 0 Å². The van der Waals surface area contributed by atoms with Gasteiger partial charge in [-0.1, -0.05) is 19.3 Å². The lowest BCUT2D eigenvalue weighted by molar-refractivity contribution is 0.329. The predicted molar refractivity (Wildman–Crippen MR) is 84.6 cm³/mol. The second kappa shape index (κ2) is 6.09. The topological polar surface area (TPSA) is 41.9 Å². The number of fused-ring (bicyclic) bond motifs is 1. The Bertz CT molecular complexity index is 439. The van der Waals surface area contributed by atoms with E-state index in [9.17, 15) is 0 Å². The summed E-state index contributed by atoms with van der Waals surface area (Å²) in [6.07, 6.45) is 10.6. The molecule has 21 heavy (non-hydrogen) atoms. The van der Waals surface area contributed by atoms with Crippen molar-refractivity contribution in [1.82, 2.24) is 20.4 Å². The highest BCUT2D eigenvalue weighted by Crippen LogP contribution is 2.37. The lowest BCUT2D eigenvalue weighted by Crippen LogP contribution is -2.32. The molecule has 4 rings (SSSR count). The van der Waals surface area contributed by atoms with Gasteiger partial charge in [-0.2, -0.15) is 5.10 Å². The minimum absolute atomic E-state index is 0.635. The minimum atomic E-state index is 0.635. The third-order valence-electron chi connectivity index (χ3n) is 5.64. The summed E-state index contributed by atoms with van der Waals surface area (Å²) in [5.41, 5.74) is 4.57. The molecule has 4 heteroatoms. The normalized spacial score (nSPS) is 25.0. The third-order valence-corrected chi connectivity index (χ3v) is 5.64. The molecule has 116 valence electrons. The largest absolute Gasteiger partial charge is 0.317 e. The van der Waals surface area contributed by atoms with Crippen LogP contribution in [0.15, 0.2) is 0 Å². The summed E-state index contributed by atoms with van der Waals surface area (Å²) in [6, 6.07) is 0.635. The third kappa shape index (κ3) is 2.64. The highest BCUT2D eigenvalue weighted by Gasteiger charge is 2.29. The molecule has 0 spiro atoms. The minimum Gasteiger partial charge on any atom is -0.317 e. The van der Waals surface area contributed by atoms with E-state index in [1.165, 1.54) is 57.1 Å². The zero-order chi connectivity index (χ0) is 14.1. The zero-order valence-corrected chi connectivity index (χ0v) is 13.0. The first-order valence-corrected chi connectivity index (χ1v) is 8.95. The summed E-state index contributed by atoms with van der Waals surface area (Å²) < 4.78 is 2.45. The first-order chi connectivity index (χ1) is 10.4. The fourth-order valence-corrected chi connectivity index (χ4v) is 4.46. The molecule has 0 bridgehead atoms. The van der Waals surface area contributed by atoms with Crippen LogP contribution in [0.1, 0.15) is 73.9 Å². The summed E-state index contributed by atoms with van der Waals surface area (Å²) in [5, 5.41) is 12.2. The maximum absolute atomic E-state index is 5.19. The van der Waals surface area contributed by atoms with E-state index >= 15 is 0 Å². The van der Waals surface area contributed by atoms with Crippen molar-refractivity contribution >= 4 is 0 Å². The molecule has 3 aliphatic rings. The second-order valence-electron chi connectivity index (χ2n) is 7.00. The van der Waals surface area contributed by atoms with Gasteiger partial charge in [0.05, 0.1) is 11.7 Å². The maximum atomic E-state index is 5.19. The molecular formula is C17H28N4. The quantitative estimate of drug-likeness (QED) is 0.878. The van der Waals surface area contributed by atoms with Crippen molar-refractivity contribution in [2.45, 2.75) is 69.9 Å². The van der Waals surface area contributed by atoms with Crippen molar-refractivity contribution in [1.29, 1.82) is 0 Å². The maximum Gasteiger partial charge on any atom is 0.0703 e. The Morgan fingerprint density at radius 3 is 2.52 bits per heavy atom. The average molecular weight is 288 g/mol. The molecular weight excluding hydrogens is 260 g/mol. The van der Waals surface area contributed by atoms with E-state index in [4.69, 9.17) is 5.10 Å². The molecule has 1 aliphatic carbocycles. The van der Waals surface area contributed by atoms with E-state index < -0.39 is 0 Å². The van der Waals surface area contributed by atoms with E-state index in [1.54, 1.807) is 11.3 Å². The molecule has 2 N–H and O–H groups in total. The number of hydrogen-bond donors (Lipinski definition) is 2. The van der Waals surface area contributed by atoms with Crippen LogP contribution >= 0.6 is 0 Å². The standard InChI is InChI=1S/C17H28N4/c1-2-4-13(5-3-1)17-15-12-19-11-8-16(15)21(20-17)14-6-9-18-10-7-14/h13-14,18-19H,1-12H2. The van der Waals surface area contributed by atoms with E-state index in [1.807, 2.05) is 0 Å². The number of piperidine rings is 1. The van der Waals surface area contributed by atoms with Crippen molar-refractivity contribution in [3.05, 3.63) is 17.0 Å². The Labute approximate surface area is 127 Å². The Morgan fingerprint density at radius 2 is 1.71 bits per heavy atom. The van der Waals surface area contributed by atoms with Gasteiger partial charge >= 0.3 is 0 Å².